The minimum absolute atomic E-state index is 0.0378. The first-order chi connectivity index (χ1) is 19.1. The van der Waals surface area contributed by atoms with E-state index in [4.69, 9.17) is 14.2 Å². The lowest BCUT2D eigenvalue weighted by molar-refractivity contribution is 0.0427. The van der Waals surface area contributed by atoms with Crippen LogP contribution in [0.2, 0.25) is 0 Å². The molecule has 13 heteroatoms. The summed E-state index contributed by atoms with van der Waals surface area (Å²) >= 11 is 0. The zero-order valence-electron chi connectivity index (χ0n) is 25.0. The van der Waals surface area contributed by atoms with Crippen molar-refractivity contribution >= 4 is 29.5 Å². The summed E-state index contributed by atoms with van der Waals surface area (Å²) in [6.07, 6.45) is 2.45. The Labute approximate surface area is 239 Å². The van der Waals surface area contributed by atoms with Gasteiger partial charge < -0.3 is 24.6 Å². The van der Waals surface area contributed by atoms with Crippen LogP contribution >= 0.6 is 0 Å². The van der Waals surface area contributed by atoms with Crippen LogP contribution in [0.15, 0.2) is 17.2 Å². The van der Waals surface area contributed by atoms with Crippen molar-refractivity contribution < 1.29 is 28.9 Å². The number of hydrogen-bond donors (Lipinski definition) is 3. The molecule has 0 bridgehead atoms. The molecule has 2 aromatic heterocycles. The molecule has 0 aromatic carbocycles. The number of carbonyl (C=O) groups is 2. The van der Waals surface area contributed by atoms with E-state index in [1.165, 1.54) is 7.11 Å². The highest BCUT2D eigenvalue weighted by molar-refractivity contribution is 6.10. The number of aliphatic hydroxyl groups is 1. The number of aryl methyl sites for hydroxylation is 1. The number of nitrogens with one attached hydrogen (secondary N) is 2. The number of amides is 2. The Kier molecular flexibility index (Phi) is 8.07. The molecular weight excluding hydrogens is 532 g/mol. The Morgan fingerprint density at radius 1 is 1.07 bits per heavy atom. The molecule has 1 aliphatic heterocycles. The average Bonchev–Trinajstić information content (AvgIpc) is 3.12. The molecule has 1 saturated carbocycles. The molecular formula is C28H40N6O7. The van der Waals surface area contributed by atoms with Crippen molar-refractivity contribution in [2.24, 2.45) is 0 Å². The van der Waals surface area contributed by atoms with E-state index in [0.717, 1.165) is 25.6 Å². The molecule has 1 aliphatic carbocycles. The third kappa shape index (κ3) is 6.15. The second-order valence-electron chi connectivity index (χ2n) is 12.4. The monoisotopic (exact) mass is 572 g/mol. The molecule has 4 rings (SSSR count). The van der Waals surface area contributed by atoms with Gasteiger partial charge in [0.05, 0.1) is 12.8 Å². The lowest BCUT2D eigenvalue weighted by Crippen LogP contribution is -2.48. The highest BCUT2D eigenvalue weighted by Gasteiger charge is 2.45. The van der Waals surface area contributed by atoms with Crippen molar-refractivity contribution in [1.29, 1.82) is 0 Å². The van der Waals surface area contributed by atoms with Gasteiger partial charge in [-0.05, 0) is 85.8 Å². The van der Waals surface area contributed by atoms with Crippen molar-refractivity contribution in [3.63, 3.8) is 0 Å². The van der Waals surface area contributed by atoms with E-state index in [1.54, 1.807) is 52.2 Å². The van der Waals surface area contributed by atoms with Crippen LogP contribution < -0.4 is 25.8 Å². The van der Waals surface area contributed by atoms with Crippen molar-refractivity contribution in [3.8, 4) is 5.75 Å². The number of rotatable bonds is 4. The third-order valence-corrected chi connectivity index (χ3v) is 6.82. The van der Waals surface area contributed by atoms with Crippen LogP contribution in [0.25, 0.3) is 0 Å². The molecule has 3 heterocycles. The number of carbonyl (C=O) groups excluding carboxylic acids is 2. The third-order valence-electron chi connectivity index (χ3n) is 6.82. The van der Waals surface area contributed by atoms with Gasteiger partial charge in [-0.2, -0.15) is 4.90 Å². The lowest BCUT2D eigenvalue weighted by Gasteiger charge is -2.36. The van der Waals surface area contributed by atoms with Gasteiger partial charge in [0.2, 0.25) is 5.75 Å². The quantitative estimate of drug-likeness (QED) is 0.471. The summed E-state index contributed by atoms with van der Waals surface area (Å²) in [7, 11) is 1.33. The second kappa shape index (κ2) is 10.9. The van der Waals surface area contributed by atoms with Gasteiger partial charge in [0.15, 0.2) is 11.6 Å². The fourth-order valence-corrected chi connectivity index (χ4v) is 5.29. The van der Waals surface area contributed by atoms with Gasteiger partial charge in [-0.3, -0.25) is 14.7 Å². The van der Waals surface area contributed by atoms with Gasteiger partial charge in [-0.15, -0.1) is 0 Å². The Hall–Kier alpha value is -3.71. The summed E-state index contributed by atoms with van der Waals surface area (Å²) < 4.78 is 18.2. The van der Waals surface area contributed by atoms with Crippen LogP contribution in [-0.4, -0.2) is 50.1 Å². The fraction of sp³-hybridized carbons (Fsp3) is 0.607. The van der Waals surface area contributed by atoms with Crippen molar-refractivity contribution in [1.82, 2.24) is 19.9 Å². The molecule has 3 N–H and O–H groups in total. The van der Waals surface area contributed by atoms with Crippen molar-refractivity contribution in [2.75, 3.05) is 17.3 Å². The van der Waals surface area contributed by atoms with Crippen molar-refractivity contribution in [3.05, 3.63) is 34.0 Å². The maximum Gasteiger partial charge on any atom is 0.425 e. The number of pyridine rings is 1. The predicted octanol–water partition coefficient (Wildman–Crippen LogP) is 4.59. The van der Waals surface area contributed by atoms with Crippen LogP contribution in [0.1, 0.15) is 91.1 Å². The van der Waals surface area contributed by atoms with Gasteiger partial charge in [-0.25, -0.2) is 19.6 Å². The summed E-state index contributed by atoms with van der Waals surface area (Å²) in [6.45, 7) is 11.8. The fourth-order valence-electron chi connectivity index (χ4n) is 5.29. The highest BCUT2D eigenvalue weighted by Crippen LogP contribution is 2.41. The number of hydrogen-bond acceptors (Lipinski definition) is 11. The van der Waals surface area contributed by atoms with Crippen LogP contribution in [0.4, 0.5) is 26.9 Å². The van der Waals surface area contributed by atoms with E-state index in [1.807, 2.05) is 6.92 Å². The van der Waals surface area contributed by atoms with Gasteiger partial charge in [0.1, 0.15) is 35.1 Å². The van der Waals surface area contributed by atoms with E-state index in [0.29, 0.717) is 29.0 Å². The van der Waals surface area contributed by atoms with Crippen LogP contribution in [0, 0.1) is 6.92 Å². The molecule has 1 fully saturated rings. The van der Waals surface area contributed by atoms with Gasteiger partial charge in [0.25, 0.3) is 5.56 Å². The Morgan fingerprint density at radius 3 is 2.20 bits per heavy atom. The Bertz CT molecular complexity index is 1360. The van der Waals surface area contributed by atoms with E-state index < -0.39 is 35.3 Å². The summed E-state index contributed by atoms with van der Waals surface area (Å²) in [4.78, 5) is 49.4. The summed E-state index contributed by atoms with van der Waals surface area (Å²) in [5.74, 6) is -0.277. The SMILES string of the molecule is COc1c(Nc2cc(C)c3n(c2=O)C2(CCCCC2)NC3O)ncnc1N(C(=O)OC(C)(C)C)C(=O)OC(C)(C)C. The second-order valence-corrected chi connectivity index (χ2v) is 12.4. The topological polar surface area (TPSA) is 157 Å². The van der Waals surface area contributed by atoms with Crippen LogP contribution in [-0.2, 0) is 15.1 Å². The van der Waals surface area contributed by atoms with Crippen LogP contribution in [0.3, 0.4) is 0 Å². The molecule has 0 saturated heterocycles. The van der Waals surface area contributed by atoms with E-state index >= 15 is 0 Å². The number of aromatic nitrogens is 3. The van der Waals surface area contributed by atoms with Gasteiger partial charge >= 0.3 is 12.2 Å². The Morgan fingerprint density at radius 2 is 1.66 bits per heavy atom. The number of fused-ring (bicyclic) bond motifs is 2. The number of nitrogens with zero attached hydrogens (tertiary/aromatic N) is 4. The first-order valence-corrected chi connectivity index (χ1v) is 13.7. The standard InChI is InChI=1S/C28H40N6O7/c1-16-14-17(23(36)34-18(16)22(35)32-28(34)12-10-9-11-13-28)31-20-19(39-8)21(30-15-29-20)33(24(37)40-26(2,3)4)25(38)41-27(5,6)7/h14-15,22,32,35H,9-13H2,1-8H3,(H,29,30,31). The normalized spacial score (nSPS) is 18.0. The summed E-state index contributed by atoms with van der Waals surface area (Å²) in [6, 6.07) is 1.63. The van der Waals surface area contributed by atoms with Gasteiger partial charge in [0, 0.05) is 0 Å². The van der Waals surface area contributed by atoms with E-state index in [-0.39, 0.29) is 28.6 Å². The van der Waals surface area contributed by atoms with Crippen LogP contribution in [0.5, 0.6) is 5.75 Å². The molecule has 1 atom stereocenters. The number of imide groups is 1. The molecule has 1 spiro atoms. The number of anilines is 3. The smallest absolute Gasteiger partial charge is 0.425 e. The minimum atomic E-state index is -1.03. The molecule has 41 heavy (non-hydrogen) atoms. The zero-order valence-corrected chi connectivity index (χ0v) is 25.0. The first-order valence-electron chi connectivity index (χ1n) is 13.7. The molecule has 224 valence electrons. The molecule has 1 unspecified atom stereocenters. The minimum Gasteiger partial charge on any atom is -0.490 e. The zero-order chi connectivity index (χ0) is 30.3. The Balaban J connectivity index is 1.80. The van der Waals surface area contributed by atoms with E-state index in [2.05, 4.69) is 20.6 Å². The highest BCUT2D eigenvalue weighted by atomic mass is 16.6. The molecule has 2 aromatic rings. The molecule has 0 radical (unpaired) electrons. The summed E-state index contributed by atoms with van der Waals surface area (Å²) in [5, 5.41) is 17.1. The maximum atomic E-state index is 13.9. The number of methoxy groups -OCH3 is 1. The van der Waals surface area contributed by atoms with Gasteiger partial charge in [-0.1, -0.05) is 6.42 Å². The first kappa shape index (κ1) is 30.3. The molecule has 2 aliphatic rings. The van der Waals surface area contributed by atoms with E-state index in [9.17, 15) is 19.5 Å². The lowest BCUT2D eigenvalue weighted by atomic mass is 9.89. The number of ether oxygens (including phenoxy) is 3. The largest absolute Gasteiger partial charge is 0.490 e. The average molecular weight is 573 g/mol. The summed E-state index contributed by atoms with van der Waals surface area (Å²) in [5.41, 5.74) is -1.49. The molecule has 2 amide bonds. The molecule has 13 nitrogen and oxygen atoms in total. The maximum absolute atomic E-state index is 13.9. The number of aliphatic hydroxyl groups excluding tert-OH is 1. The predicted molar refractivity (Wildman–Crippen MR) is 151 cm³/mol. The van der Waals surface area contributed by atoms with Crippen molar-refractivity contribution in [2.45, 2.75) is 104 Å².